The van der Waals surface area contributed by atoms with Gasteiger partial charge in [-0.1, -0.05) is 41.5 Å². The Morgan fingerprint density at radius 2 is 1.58 bits per heavy atom. The molecular formula is C17H21NO. The Kier molecular flexibility index (Phi) is 4.23. The first-order chi connectivity index (χ1) is 9.06. The van der Waals surface area contributed by atoms with Crippen molar-refractivity contribution in [3.05, 3.63) is 64.7 Å². The van der Waals surface area contributed by atoms with Gasteiger partial charge in [0.1, 0.15) is 12.4 Å². The molecule has 2 aromatic rings. The fourth-order valence-electron chi connectivity index (χ4n) is 2.15. The van der Waals surface area contributed by atoms with Gasteiger partial charge in [-0.25, -0.2) is 0 Å². The van der Waals surface area contributed by atoms with Crippen LogP contribution in [0.1, 0.15) is 28.3 Å². The summed E-state index contributed by atoms with van der Waals surface area (Å²) in [7, 11) is 0. The molecule has 2 nitrogen and oxygen atoms in total. The Balaban J connectivity index is 2.01. The molecular weight excluding hydrogens is 234 g/mol. The van der Waals surface area contributed by atoms with E-state index in [1.165, 1.54) is 16.7 Å². The molecule has 1 atom stereocenters. The van der Waals surface area contributed by atoms with Gasteiger partial charge in [0.05, 0.1) is 6.04 Å². The average Bonchev–Trinajstić information content (AvgIpc) is 2.37. The molecule has 19 heavy (non-hydrogen) atoms. The van der Waals surface area contributed by atoms with Gasteiger partial charge in [0, 0.05) is 0 Å². The van der Waals surface area contributed by atoms with E-state index in [-0.39, 0.29) is 6.04 Å². The monoisotopic (exact) mass is 255 g/mol. The molecule has 0 saturated heterocycles. The molecule has 0 fully saturated rings. The molecule has 2 N–H and O–H groups in total. The van der Waals surface area contributed by atoms with Crippen LogP contribution in [0.25, 0.3) is 0 Å². The summed E-state index contributed by atoms with van der Waals surface area (Å²) >= 11 is 0. The first-order valence-corrected chi connectivity index (χ1v) is 6.58. The maximum atomic E-state index is 6.20. The van der Waals surface area contributed by atoms with E-state index in [1.54, 1.807) is 0 Å². The van der Waals surface area contributed by atoms with Gasteiger partial charge in [0.25, 0.3) is 0 Å². The highest BCUT2D eigenvalue weighted by Gasteiger charge is 2.09. The number of nitrogens with two attached hydrogens (primary N) is 1. The van der Waals surface area contributed by atoms with Crippen LogP contribution < -0.4 is 10.5 Å². The van der Waals surface area contributed by atoms with E-state index < -0.39 is 0 Å². The first-order valence-electron chi connectivity index (χ1n) is 6.58. The van der Waals surface area contributed by atoms with Crippen LogP contribution in [0.5, 0.6) is 5.75 Å². The van der Waals surface area contributed by atoms with Crippen molar-refractivity contribution in [3.8, 4) is 5.75 Å². The van der Waals surface area contributed by atoms with E-state index in [9.17, 15) is 0 Å². The van der Waals surface area contributed by atoms with Crippen LogP contribution in [0.4, 0.5) is 0 Å². The number of benzene rings is 2. The number of ether oxygens (including phenoxy) is 1. The molecule has 0 aromatic heterocycles. The van der Waals surface area contributed by atoms with Crippen molar-refractivity contribution in [1.29, 1.82) is 0 Å². The molecule has 0 aliphatic heterocycles. The predicted octanol–water partition coefficient (Wildman–Crippen LogP) is 3.69. The summed E-state index contributed by atoms with van der Waals surface area (Å²) in [5, 5.41) is 0. The zero-order valence-corrected chi connectivity index (χ0v) is 11.8. The third-order valence-corrected chi connectivity index (χ3v) is 3.28. The van der Waals surface area contributed by atoms with E-state index in [0.29, 0.717) is 6.61 Å². The maximum Gasteiger partial charge on any atom is 0.119 e. The van der Waals surface area contributed by atoms with Crippen LogP contribution in [-0.4, -0.2) is 6.61 Å². The van der Waals surface area contributed by atoms with Gasteiger partial charge in [-0.3, -0.25) is 0 Å². The van der Waals surface area contributed by atoms with Gasteiger partial charge >= 0.3 is 0 Å². The number of rotatable bonds is 4. The van der Waals surface area contributed by atoms with Crippen molar-refractivity contribution in [2.45, 2.75) is 26.8 Å². The summed E-state index contributed by atoms with van der Waals surface area (Å²) in [6.45, 7) is 6.73. The normalized spacial score (nSPS) is 12.2. The summed E-state index contributed by atoms with van der Waals surface area (Å²) in [5.41, 5.74) is 11.1. The van der Waals surface area contributed by atoms with Crippen LogP contribution >= 0.6 is 0 Å². The standard InChI is InChI=1S/C17H21NO/c1-12-4-7-15(8-5-12)19-11-17(18)16-9-6-13(2)10-14(16)3/h4-10,17H,11,18H2,1-3H3. The lowest BCUT2D eigenvalue weighted by Gasteiger charge is -2.16. The second kappa shape index (κ2) is 5.89. The largest absolute Gasteiger partial charge is 0.492 e. The van der Waals surface area contributed by atoms with Crippen LogP contribution in [0.2, 0.25) is 0 Å². The lowest BCUT2D eigenvalue weighted by molar-refractivity contribution is 0.290. The van der Waals surface area contributed by atoms with Crippen molar-refractivity contribution in [1.82, 2.24) is 0 Å². The zero-order valence-electron chi connectivity index (χ0n) is 11.8. The van der Waals surface area contributed by atoms with Crippen LogP contribution in [0.3, 0.4) is 0 Å². The van der Waals surface area contributed by atoms with Gasteiger partial charge in [-0.15, -0.1) is 0 Å². The highest BCUT2D eigenvalue weighted by Crippen LogP contribution is 2.19. The minimum atomic E-state index is -0.0955. The van der Waals surface area contributed by atoms with Gasteiger partial charge in [-0.05, 0) is 44.0 Å². The smallest absolute Gasteiger partial charge is 0.119 e. The van der Waals surface area contributed by atoms with Gasteiger partial charge in [-0.2, -0.15) is 0 Å². The van der Waals surface area contributed by atoms with Gasteiger partial charge < -0.3 is 10.5 Å². The Morgan fingerprint density at radius 3 is 2.21 bits per heavy atom. The highest BCUT2D eigenvalue weighted by atomic mass is 16.5. The Labute approximate surface area is 115 Å². The molecule has 2 aromatic carbocycles. The molecule has 0 bridgehead atoms. The van der Waals surface area contributed by atoms with Crippen molar-refractivity contribution in [2.24, 2.45) is 5.73 Å². The van der Waals surface area contributed by atoms with Crippen LogP contribution in [-0.2, 0) is 0 Å². The molecule has 0 spiro atoms. The lowest BCUT2D eigenvalue weighted by Crippen LogP contribution is -2.20. The molecule has 0 radical (unpaired) electrons. The fourth-order valence-corrected chi connectivity index (χ4v) is 2.15. The van der Waals surface area contributed by atoms with E-state index in [0.717, 1.165) is 11.3 Å². The second-order valence-electron chi connectivity index (χ2n) is 5.09. The predicted molar refractivity (Wildman–Crippen MR) is 79.5 cm³/mol. The third kappa shape index (κ3) is 3.58. The Morgan fingerprint density at radius 1 is 0.947 bits per heavy atom. The van der Waals surface area contributed by atoms with Crippen LogP contribution in [0, 0.1) is 20.8 Å². The Bertz CT molecular complexity index is 546. The van der Waals surface area contributed by atoms with Crippen molar-refractivity contribution < 1.29 is 4.74 Å². The van der Waals surface area contributed by atoms with E-state index in [4.69, 9.17) is 10.5 Å². The molecule has 2 heteroatoms. The minimum Gasteiger partial charge on any atom is -0.492 e. The summed E-state index contributed by atoms with van der Waals surface area (Å²) < 4.78 is 5.74. The molecule has 0 amide bonds. The zero-order chi connectivity index (χ0) is 13.8. The van der Waals surface area contributed by atoms with Crippen molar-refractivity contribution >= 4 is 0 Å². The summed E-state index contributed by atoms with van der Waals surface area (Å²) in [5.74, 6) is 0.866. The highest BCUT2D eigenvalue weighted by molar-refractivity contribution is 5.33. The Hall–Kier alpha value is -1.80. The maximum absolute atomic E-state index is 6.20. The summed E-state index contributed by atoms with van der Waals surface area (Å²) in [4.78, 5) is 0. The van der Waals surface area contributed by atoms with Gasteiger partial charge in [0.15, 0.2) is 0 Å². The quantitative estimate of drug-likeness (QED) is 0.904. The SMILES string of the molecule is Cc1ccc(OCC(N)c2ccc(C)cc2C)cc1. The first kappa shape index (κ1) is 13.6. The minimum absolute atomic E-state index is 0.0955. The molecule has 1 unspecified atom stereocenters. The van der Waals surface area contributed by atoms with Gasteiger partial charge in [0.2, 0.25) is 0 Å². The van der Waals surface area contributed by atoms with Crippen molar-refractivity contribution in [3.63, 3.8) is 0 Å². The molecule has 100 valence electrons. The topological polar surface area (TPSA) is 35.2 Å². The van der Waals surface area contributed by atoms with Crippen molar-refractivity contribution in [2.75, 3.05) is 6.61 Å². The van der Waals surface area contributed by atoms with E-state index in [2.05, 4.69) is 39.0 Å². The molecule has 0 saturated carbocycles. The lowest BCUT2D eigenvalue weighted by atomic mass is 10.0. The molecule has 0 aliphatic carbocycles. The van der Waals surface area contributed by atoms with Crippen LogP contribution in [0.15, 0.2) is 42.5 Å². The average molecular weight is 255 g/mol. The molecule has 0 aliphatic rings. The fraction of sp³-hybridized carbons (Fsp3) is 0.294. The second-order valence-corrected chi connectivity index (χ2v) is 5.09. The number of aryl methyl sites for hydroxylation is 3. The summed E-state index contributed by atoms with van der Waals surface area (Å²) in [6, 6.07) is 14.3. The van der Waals surface area contributed by atoms with E-state index in [1.807, 2.05) is 24.3 Å². The third-order valence-electron chi connectivity index (χ3n) is 3.28. The number of hydrogen-bond donors (Lipinski definition) is 1. The number of hydrogen-bond acceptors (Lipinski definition) is 2. The van der Waals surface area contributed by atoms with E-state index >= 15 is 0 Å². The summed E-state index contributed by atoms with van der Waals surface area (Å²) in [6.07, 6.45) is 0. The molecule has 0 heterocycles. The molecule has 2 rings (SSSR count).